The van der Waals surface area contributed by atoms with Gasteiger partial charge in [0.25, 0.3) is 0 Å². The molecule has 22 heavy (non-hydrogen) atoms. The van der Waals surface area contributed by atoms with Crippen molar-refractivity contribution in [1.29, 1.82) is 0 Å². The number of carbonyl (C=O) groups excluding carboxylic acids is 1. The second-order valence-electron chi connectivity index (χ2n) is 5.27. The Morgan fingerprint density at radius 1 is 1.09 bits per heavy atom. The fourth-order valence-electron chi connectivity index (χ4n) is 2.54. The number of likely N-dealkylation sites (tertiary alicyclic amines) is 1. The average molecular weight is 317 g/mol. The third kappa shape index (κ3) is 3.04. The number of aryl methyl sites for hydroxylation is 1. The van der Waals surface area contributed by atoms with Gasteiger partial charge >= 0.3 is 6.03 Å². The lowest BCUT2D eigenvalue weighted by atomic mass is 10.3. The largest absolute Gasteiger partial charge is 0.331 e. The minimum atomic E-state index is -0.106. The van der Waals surface area contributed by atoms with Crippen LogP contribution < -0.4 is 4.90 Å². The van der Waals surface area contributed by atoms with Crippen molar-refractivity contribution < 1.29 is 4.79 Å². The summed E-state index contributed by atoms with van der Waals surface area (Å²) in [4.78, 5) is 25.0. The normalized spacial score (nSPS) is 14.2. The number of amides is 2. The first-order valence-electron chi connectivity index (χ1n) is 7.30. The highest BCUT2D eigenvalue weighted by Gasteiger charge is 2.28. The Hall–Kier alpha value is -2.14. The predicted molar refractivity (Wildman–Crippen MR) is 86.6 cm³/mol. The van der Waals surface area contributed by atoms with E-state index in [-0.39, 0.29) is 6.03 Å². The van der Waals surface area contributed by atoms with Crippen molar-refractivity contribution >= 4 is 29.3 Å². The molecule has 2 aromatic heterocycles. The van der Waals surface area contributed by atoms with Crippen molar-refractivity contribution in [3.8, 4) is 0 Å². The second-order valence-corrected chi connectivity index (χ2v) is 5.66. The maximum atomic E-state index is 12.9. The van der Waals surface area contributed by atoms with Crippen molar-refractivity contribution in [2.24, 2.45) is 0 Å². The molecular weight excluding hydrogens is 300 g/mol. The zero-order valence-electron chi connectivity index (χ0n) is 12.4. The Kier molecular flexibility index (Phi) is 4.24. The second kappa shape index (κ2) is 6.32. The fourth-order valence-corrected chi connectivity index (χ4v) is 2.70. The molecule has 2 amide bonds. The minimum Gasteiger partial charge on any atom is -0.324 e. The fraction of sp³-hybridized carbons (Fsp3) is 0.312. The molecule has 0 N–H and O–H groups in total. The smallest absolute Gasteiger partial charge is 0.324 e. The van der Waals surface area contributed by atoms with Gasteiger partial charge < -0.3 is 4.90 Å². The van der Waals surface area contributed by atoms with E-state index in [1.54, 1.807) is 18.2 Å². The summed E-state index contributed by atoms with van der Waals surface area (Å²) >= 11 is 5.99. The molecule has 0 radical (unpaired) electrons. The van der Waals surface area contributed by atoms with Gasteiger partial charge in [0.05, 0.1) is 0 Å². The highest BCUT2D eigenvalue weighted by Crippen LogP contribution is 2.26. The van der Waals surface area contributed by atoms with Crippen LogP contribution in [0, 0.1) is 6.92 Å². The molecule has 0 aromatic carbocycles. The van der Waals surface area contributed by atoms with Crippen LogP contribution >= 0.6 is 11.6 Å². The van der Waals surface area contributed by atoms with Crippen LogP contribution in [0.2, 0.25) is 5.15 Å². The SMILES string of the molecule is Cc1cccc(N(C(=O)N2CCCC2)c2cccc(Cl)n2)n1. The average Bonchev–Trinajstić information content (AvgIpc) is 3.02. The zero-order valence-corrected chi connectivity index (χ0v) is 13.1. The molecule has 0 atom stereocenters. The number of nitrogens with zero attached hydrogens (tertiary/aromatic N) is 4. The molecule has 0 aliphatic carbocycles. The van der Waals surface area contributed by atoms with E-state index < -0.39 is 0 Å². The van der Waals surface area contributed by atoms with Crippen LogP contribution in [-0.4, -0.2) is 34.0 Å². The van der Waals surface area contributed by atoms with Gasteiger partial charge in [0.2, 0.25) is 0 Å². The summed E-state index contributed by atoms with van der Waals surface area (Å²) < 4.78 is 0. The highest BCUT2D eigenvalue weighted by atomic mass is 35.5. The van der Waals surface area contributed by atoms with E-state index >= 15 is 0 Å². The van der Waals surface area contributed by atoms with Gasteiger partial charge in [-0.05, 0) is 44.0 Å². The van der Waals surface area contributed by atoms with Gasteiger partial charge in [-0.15, -0.1) is 0 Å². The number of rotatable bonds is 2. The molecule has 0 saturated carbocycles. The van der Waals surface area contributed by atoms with Crippen LogP contribution in [0.4, 0.5) is 16.4 Å². The Morgan fingerprint density at radius 2 is 1.73 bits per heavy atom. The van der Waals surface area contributed by atoms with Crippen LogP contribution in [0.15, 0.2) is 36.4 Å². The lowest BCUT2D eigenvalue weighted by Crippen LogP contribution is -2.40. The molecular formula is C16H17ClN4O. The van der Waals surface area contributed by atoms with Gasteiger partial charge in [-0.1, -0.05) is 23.7 Å². The number of urea groups is 1. The van der Waals surface area contributed by atoms with Crippen molar-refractivity contribution in [2.45, 2.75) is 19.8 Å². The molecule has 114 valence electrons. The number of carbonyl (C=O) groups is 1. The molecule has 3 heterocycles. The van der Waals surface area contributed by atoms with E-state index in [0.29, 0.717) is 16.8 Å². The first kappa shape index (κ1) is 14.8. The van der Waals surface area contributed by atoms with Crippen LogP contribution in [-0.2, 0) is 0 Å². The van der Waals surface area contributed by atoms with Crippen molar-refractivity contribution in [2.75, 3.05) is 18.0 Å². The number of hydrogen-bond donors (Lipinski definition) is 0. The van der Waals surface area contributed by atoms with E-state index in [1.807, 2.05) is 30.0 Å². The Labute approximate surface area is 134 Å². The van der Waals surface area contributed by atoms with Gasteiger partial charge in [0, 0.05) is 18.8 Å². The van der Waals surface area contributed by atoms with Crippen LogP contribution in [0.5, 0.6) is 0 Å². The molecule has 1 saturated heterocycles. The van der Waals surface area contributed by atoms with Crippen LogP contribution in [0.1, 0.15) is 18.5 Å². The highest BCUT2D eigenvalue weighted by molar-refractivity contribution is 6.29. The van der Waals surface area contributed by atoms with Crippen molar-refractivity contribution in [1.82, 2.24) is 14.9 Å². The number of aromatic nitrogens is 2. The van der Waals surface area contributed by atoms with Crippen LogP contribution in [0.3, 0.4) is 0 Å². The van der Waals surface area contributed by atoms with E-state index in [1.165, 1.54) is 4.90 Å². The Bertz CT molecular complexity index is 640. The first-order chi connectivity index (χ1) is 10.6. The first-order valence-corrected chi connectivity index (χ1v) is 7.68. The van der Waals surface area contributed by atoms with E-state index in [2.05, 4.69) is 9.97 Å². The summed E-state index contributed by atoms with van der Waals surface area (Å²) in [6.45, 7) is 3.43. The molecule has 1 fully saturated rings. The summed E-state index contributed by atoms with van der Waals surface area (Å²) in [7, 11) is 0. The molecule has 0 spiro atoms. The summed E-state index contributed by atoms with van der Waals surface area (Å²) in [5.74, 6) is 1.05. The molecule has 2 aromatic rings. The van der Waals surface area contributed by atoms with Crippen molar-refractivity contribution in [3.05, 3.63) is 47.2 Å². The summed E-state index contributed by atoms with van der Waals surface area (Å²) in [6, 6.07) is 10.7. The van der Waals surface area contributed by atoms with E-state index in [0.717, 1.165) is 31.6 Å². The summed E-state index contributed by atoms with van der Waals surface area (Å²) in [5, 5.41) is 0.351. The lowest BCUT2D eigenvalue weighted by Gasteiger charge is -2.26. The standard InChI is InChI=1S/C16H17ClN4O/c1-12-6-4-8-14(18-12)21(15-9-5-7-13(17)19-15)16(22)20-10-2-3-11-20/h4-9H,2-3,10-11H2,1H3. The monoisotopic (exact) mass is 316 g/mol. The molecule has 0 unspecified atom stereocenters. The molecule has 1 aliphatic heterocycles. The summed E-state index contributed by atoms with van der Waals surface area (Å²) in [5.41, 5.74) is 0.846. The molecule has 0 bridgehead atoms. The number of anilines is 2. The maximum Gasteiger partial charge on any atom is 0.331 e. The van der Waals surface area contributed by atoms with Gasteiger partial charge in [-0.2, -0.15) is 0 Å². The third-order valence-corrected chi connectivity index (χ3v) is 3.81. The third-order valence-electron chi connectivity index (χ3n) is 3.60. The van der Waals surface area contributed by atoms with Gasteiger partial charge in [-0.3, -0.25) is 0 Å². The van der Waals surface area contributed by atoms with Gasteiger partial charge in [-0.25, -0.2) is 19.7 Å². The zero-order chi connectivity index (χ0) is 15.5. The topological polar surface area (TPSA) is 49.3 Å². The van der Waals surface area contributed by atoms with Crippen molar-refractivity contribution in [3.63, 3.8) is 0 Å². The Balaban J connectivity index is 2.03. The Morgan fingerprint density at radius 3 is 2.36 bits per heavy atom. The quantitative estimate of drug-likeness (QED) is 0.792. The number of halogens is 1. The van der Waals surface area contributed by atoms with Gasteiger partial charge in [0.1, 0.15) is 16.8 Å². The number of hydrogen-bond acceptors (Lipinski definition) is 3. The minimum absolute atomic E-state index is 0.106. The van der Waals surface area contributed by atoms with Crippen LogP contribution in [0.25, 0.3) is 0 Å². The van der Waals surface area contributed by atoms with E-state index in [9.17, 15) is 4.79 Å². The van der Waals surface area contributed by atoms with E-state index in [4.69, 9.17) is 11.6 Å². The maximum absolute atomic E-state index is 12.9. The predicted octanol–water partition coefficient (Wildman–Crippen LogP) is 3.79. The summed E-state index contributed by atoms with van der Waals surface area (Å²) in [6.07, 6.45) is 2.06. The number of pyridine rings is 2. The molecule has 1 aliphatic rings. The molecule has 3 rings (SSSR count). The van der Waals surface area contributed by atoms with Gasteiger partial charge in [0.15, 0.2) is 0 Å². The lowest BCUT2D eigenvalue weighted by molar-refractivity contribution is 0.218. The molecule has 6 heteroatoms. The molecule has 5 nitrogen and oxygen atoms in total.